The molecule has 5 atom stereocenters. The number of methoxy groups -OCH3 is 1. The Hall–Kier alpha value is -4.40. The molecule has 3 aromatic rings. The van der Waals surface area contributed by atoms with E-state index in [0.29, 0.717) is 37.3 Å². The zero-order valence-electron chi connectivity index (χ0n) is 25.2. The molecule has 2 fully saturated rings. The monoisotopic (exact) mass is 597 g/mol. The molecule has 2 aliphatic carbocycles. The molecule has 0 spiro atoms. The normalized spacial score (nSPS) is 26.9. The molecule has 0 radical (unpaired) electrons. The van der Waals surface area contributed by atoms with Crippen LogP contribution in [-0.2, 0) is 19.1 Å². The Balaban J connectivity index is 1.30. The number of nitrogens with one attached hydrogen (secondary N) is 2. The van der Waals surface area contributed by atoms with Crippen LogP contribution in [0.2, 0.25) is 0 Å². The van der Waals surface area contributed by atoms with Crippen LogP contribution in [-0.4, -0.2) is 54.7 Å². The molecule has 1 aromatic heterocycles. The predicted octanol–water partition coefficient (Wildman–Crippen LogP) is 4.98. The molecule has 2 N–H and O–H groups in total. The second-order valence-electron chi connectivity index (χ2n) is 11.9. The number of hydrogen-bond acceptors (Lipinski definition) is 7. The lowest BCUT2D eigenvalue weighted by atomic mass is 9.93. The third-order valence-electron chi connectivity index (χ3n) is 9.00. The first-order valence-corrected chi connectivity index (χ1v) is 15.6. The summed E-state index contributed by atoms with van der Waals surface area (Å²) >= 11 is 0. The highest BCUT2D eigenvalue weighted by molar-refractivity contribution is 5.95. The number of carbonyl (C=O) groups excluding carboxylic acids is 3. The maximum atomic E-state index is 13.9. The largest absolute Gasteiger partial charge is 0.497 e. The summed E-state index contributed by atoms with van der Waals surface area (Å²) in [5.74, 6) is -0.939. The van der Waals surface area contributed by atoms with Gasteiger partial charge in [-0.1, -0.05) is 42.5 Å². The van der Waals surface area contributed by atoms with E-state index in [2.05, 4.69) is 16.7 Å². The van der Waals surface area contributed by atoms with Crippen molar-refractivity contribution < 1.29 is 28.6 Å². The van der Waals surface area contributed by atoms with Crippen molar-refractivity contribution in [3.05, 3.63) is 66.7 Å². The Kier molecular flexibility index (Phi) is 8.55. The molecule has 1 aliphatic heterocycles. The summed E-state index contributed by atoms with van der Waals surface area (Å²) in [5.41, 5.74) is 1.32. The average Bonchev–Trinajstić information content (AvgIpc) is 3.57. The van der Waals surface area contributed by atoms with Gasteiger partial charge in [-0.05, 0) is 57.6 Å². The quantitative estimate of drug-likeness (QED) is 0.304. The average molecular weight is 598 g/mol. The van der Waals surface area contributed by atoms with Crippen molar-refractivity contribution >= 4 is 28.7 Å². The summed E-state index contributed by atoms with van der Waals surface area (Å²) in [6, 6.07) is 17.4. The van der Waals surface area contributed by atoms with Crippen molar-refractivity contribution in [2.75, 3.05) is 20.3 Å². The van der Waals surface area contributed by atoms with Crippen LogP contribution in [0, 0.1) is 17.8 Å². The van der Waals surface area contributed by atoms with Gasteiger partial charge in [-0.3, -0.25) is 9.59 Å². The van der Waals surface area contributed by atoms with E-state index >= 15 is 0 Å². The molecular weight excluding hydrogens is 558 g/mol. The molecule has 9 nitrogen and oxygen atoms in total. The van der Waals surface area contributed by atoms with E-state index in [0.717, 1.165) is 41.4 Å². The summed E-state index contributed by atoms with van der Waals surface area (Å²) in [4.78, 5) is 45.3. The van der Waals surface area contributed by atoms with E-state index in [1.54, 1.807) is 14.0 Å². The van der Waals surface area contributed by atoms with Gasteiger partial charge in [0.2, 0.25) is 11.8 Å². The van der Waals surface area contributed by atoms with E-state index < -0.39 is 29.4 Å². The van der Waals surface area contributed by atoms with Crippen molar-refractivity contribution in [1.29, 1.82) is 0 Å². The van der Waals surface area contributed by atoms with Crippen LogP contribution in [0.15, 0.2) is 66.7 Å². The number of ether oxygens (including phenoxy) is 3. The Labute approximate surface area is 257 Å². The Bertz CT molecular complexity index is 1570. The number of benzene rings is 2. The molecule has 3 aliphatic rings. The van der Waals surface area contributed by atoms with Crippen molar-refractivity contribution in [3.63, 3.8) is 0 Å². The highest BCUT2D eigenvalue weighted by atomic mass is 16.5. The van der Waals surface area contributed by atoms with E-state index in [9.17, 15) is 14.4 Å². The highest BCUT2D eigenvalue weighted by Gasteiger charge is 2.62. The van der Waals surface area contributed by atoms with Crippen molar-refractivity contribution in [3.8, 4) is 22.8 Å². The van der Waals surface area contributed by atoms with Gasteiger partial charge >= 0.3 is 5.97 Å². The first kappa shape index (κ1) is 29.7. The van der Waals surface area contributed by atoms with Crippen LogP contribution in [0.4, 0.5) is 0 Å². The Morgan fingerprint density at radius 3 is 2.59 bits per heavy atom. The summed E-state index contributed by atoms with van der Waals surface area (Å²) < 4.78 is 17.5. The van der Waals surface area contributed by atoms with Crippen LogP contribution >= 0.6 is 0 Å². The smallest absolute Gasteiger partial charge is 0.332 e. The number of aromatic nitrogens is 1. The van der Waals surface area contributed by atoms with Gasteiger partial charge in [-0.25, -0.2) is 9.78 Å². The molecule has 9 heteroatoms. The Morgan fingerprint density at radius 1 is 1.02 bits per heavy atom. The number of rotatable bonds is 6. The van der Waals surface area contributed by atoms with E-state index in [1.165, 1.54) is 0 Å². The summed E-state index contributed by atoms with van der Waals surface area (Å²) in [7, 11) is 1.62. The lowest BCUT2D eigenvalue weighted by molar-refractivity contribution is -0.150. The Morgan fingerprint density at radius 2 is 1.82 bits per heavy atom. The molecule has 2 heterocycles. The van der Waals surface area contributed by atoms with E-state index in [-0.39, 0.29) is 24.3 Å². The third kappa shape index (κ3) is 6.00. The number of fused-ring (bicyclic) bond motifs is 3. The number of allylic oxidation sites excluding steroid dienone is 1. The number of esters is 1. The molecule has 230 valence electrons. The molecule has 44 heavy (non-hydrogen) atoms. The zero-order valence-corrected chi connectivity index (χ0v) is 25.2. The van der Waals surface area contributed by atoms with Gasteiger partial charge in [0.05, 0.1) is 36.8 Å². The fourth-order valence-corrected chi connectivity index (χ4v) is 6.52. The van der Waals surface area contributed by atoms with Gasteiger partial charge in [0.15, 0.2) is 0 Å². The SMILES string of the molecule is CCOC(=O)C12CC1C=CCCCCNC(=O)C1CC(Oc3cc(-c4ccccc4)nc4cc(OC)ccc34)CC1C(=O)N2. The summed E-state index contributed by atoms with van der Waals surface area (Å²) in [6.07, 6.45) is 7.49. The molecular formula is C35H39N3O6. The maximum absolute atomic E-state index is 13.9. The van der Waals surface area contributed by atoms with Crippen molar-refractivity contribution in [1.82, 2.24) is 15.6 Å². The van der Waals surface area contributed by atoms with Gasteiger partial charge in [0.1, 0.15) is 23.1 Å². The minimum atomic E-state index is -1.08. The zero-order chi connectivity index (χ0) is 30.7. The molecule has 0 bridgehead atoms. The minimum absolute atomic E-state index is 0.120. The van der Waals surface area contributed by atoms with Gasteiger partial charge in [-0.2, -0.15) is 0 Å². The van der Waals surface area contributed by atoms with Gasteiger partial charge in [0.25, 0.3) is 0 Å². The van der Waals surface area contributed by atoms with Crippen LogP contribution in [0.3, 0.4) is 0 Å². The maximum Gasteiger partial charge on any atom is 0.332 e. The summed E-state index contributed by atoms with van der Waals surface area (Å²) in [5, 5.41) is 6.89. The number of amides is 2. The lowest BCUT2D eigenvalue weighted by Crippen LogP contribution is -2.50. The fraction of sp³-hybridized carbons (Fsp3) is 0.429. The van der Waals surface area contributed by atoms with Crippen molar-refractivity contribution in [2.45, 2.75) is 57.1 Å². The van der Waals surface area contributed by atoms with E-state index in [1.807, 2.05) is 60.7 Å². The molecule has 2 saturated carbocycles. The van der Waals surface area contributed by atoms with Crippen molar-refractivity contribution in [2.24, 2.45) is 17.8 Å². The lowest BCUT2D eigenvalue weighted by Gasteiger charge is -2.23. The molecule has 0 saturated heterocycles. The molecule has 6 rings (SSSR count). The first-order chi connectivity index (χ1) is 21.4. The van der Waals surface area contributed by atoms with Crippen LogP contribution in [0.1, 0.15) is 45.4 Å². The minimum Gasteiger partial charge on any atom is -0.497 e. The van der Waals surface area contributed by atoms with Gasteiger partial charge in [0, 0.05) is 35.5 Å². The highest BCUT2D eigenvalue weighted by Crippen LogP contribution is 2.47. The molecule has 5 unspecified atom stereocenters. The van der Waals surface area contributed by atoms with Crippen LogP contribution < -0.4 is 20.1 Å². The first-order valence-electron chi connectivity index (χ1n) is 15.6. The van der Waals surface area contributed by atoms with Crippen LogP contribution in [0.5, 0.6) is 11.5 Å². The fourth-order valence-electron chi connectivity index (χ4n) is 6.52. The summed E-state index contributed by atoms with van der Waals surface area (Å²) in [6.45, 7) is 2.54. The standard InChI is InChI=1S/C35H39N3O6/c1-3-43-34(41)35-21-23(35)13-9-4-5-10-16-36-32(39)27-17-25(18-28(27)33(40)38-35)44-31-20-29(22-11-7-6-8-12-22)37-30-19-24(42-2)14-15-26(30)31/h6-9,11-15,19-20,23,25,27-28H,3-5,10,16-18,21H2,1-2H3,(H,36,39)(H,38,40). The predicted molar refractivity (Wildman–Crippen MR) is 166 cm³/mol. The van der Waals surface area contributed by atoms with Crippen LogP contribution in [0.25, 0.3) is 22.2 Å². The van der Waals surface area contributed by atoms with Gasteiger partial charge < -0.3 is 24.8 Å². The number of pyridine rings is 1. The number of nitrogens with zero attached hydrogens (tertiary/aromatic N) is 1. The molecule has 2 amide bonds. The van der Waals surface area contributed by atoms with Gasteiger partial charge in [-0.15, -0.1) is 0 Å². The molecule has 2 aromatic carbocycles. The number of carbonyl (C=O) groups is 3. The third-order valence-corrected chi connectivity index (χ3v) is 9.00. The topological polar surface area (TPSA) is 116 Å². The second-order valence-corrected chi connectivity index (χ2v) is 11.9. The number of hydrogen-bond donors (Lipinski definition) is 2. The second kappa shape index (κ2) is 12.7. The van der Waals surface area contributed by atoms with E-state index in [4.69, 9.17) is 19.2 Å².